The molecule has 1 unspecified atom stereocenters. The van der Waals surface area contributed by atoms with Gasteiger partial charge in [0.2, 0.25) is 0 Å². The fourth-order valence-corrected chi connectivity index (χ4v) is 6.54. The van der Waals surface area contributed by atoms with Crippen LogP contribution in [-0.4, -0.2) is 47.5 Å². The molecule has 138 valence electrons. The van der Waals surface area contributed by atoms with Gasteiger partial charge in [0.15, 0.2) is 9.84 Å². The van der Waals surface area contributed by atoms with Crippen molar-refractivity contribution in [3.63, 3.8) is 0 Å². The number of aromatic amines is 1. The van der Waals surface area contributed by atoms with E-state index in [-0.39, 0.29) is 22.8 Å². The van der Waals surface area contributed by atoms with Gasteiger partial charge in [0.25, 0.3) is 0 Å². The molecule has 2 atom stereocenters. The summed E-state index contributed by atoms with van der Waals surface area (Å²) < 4.78 is 25.3. The summed E-state index contributed by atoms with van der Waals surface area (Å²) >= 11 is 0. The van der Waals surface area contributed by atoms with E-state index in [1.165, 1.54) is 0 Å². The van der Waals surface area contributed by atoms with E-state index in [4.69, 9.17) is 5.26 Å². The van der Waals surface area contributed by atoms with Gasteiger partial charge in [-0.25, -0.2) is 18.4 Å². The Morgan fingerprint density at radius 3 is 2.85 bits per heavy atom. The van der Waals surface area contributed by atoms with Crippen molar-refractivity contribution in [2.24, 2.45) is 11.8 Å². The topological polar surface area (TPSA) is 103 Å². The molecule has 4 rings (SSSR count). The Kier molecular flexibility index (Phi) is 4.35. The molecule has 2 aromatic heterocycles. The average molecular weight is 373 g/mol. The number of nitrogens with zero attached hydrogens (tertiary/aromatic N) is 4. The van der Waals surface area contributed by atoms with Crippen molar-refractivity contribution < 1.29 is 8.42 Å². The van der Waals surface area contributed by atoms with Crippen molar-refractivity contribution in [3.8, 4) is 6.07 Å². The first-order valence-electron chi connectivity index (χ1n) is 9.10. The van der Waals surface area contributed by atoms with Crippen molar-refractivity contribution in [2.75, 3.05) is 17.7 Å². The van der Waals surface area contributed by atoms with Crippen LogP contribution in [0.15, 0.2) is 18.6 Å². The molecular formula is C18H23N5O2S. The third-order valence-electron chi connectivity index (χ3n) is 5.97. The van der Waals surface area contributed by atoms with Gasteiger partial charge in [-0.2, -0.15) is 5.26 Å². The van der Waals surface area contributed by atoms with Crippen molar-refractivity contribution in [3.05, 3.63) is 18.6 Å². The Labute approximate surface area is 153 Å². The third-order valence-corrected chi connectivity index (χ3v) is 8.35. The Morgan fingerprint density at radius 1 is 1.31 bits per heavy atom. The first kappa shape index (κ1) is 17.3. The quantitative estimate of drug-likeness (QED) is 0.862. The number of hydrogen-bond donors (Lipinski definition) is 1. The molecule has 26 heavy (non-hydrogen) atoms. The number of aromatic nitrogens is 3. The minimum atomic E-state index is -3.10. The lowest BCUT2D eigenvalue weighted by molar-refractivity contribution is 0.281. The fourth-order valence-electron chi connectivity index (χ4n) is 4.31. The zero-order valence-electron chi connectivity index (χ0n) is 14.8. The number of fused-ring (bicyclic) bond motifs is 1. The molecule has 2 heterocycles. The van der Waals surface area contributed by atoms with Gasteiger partial charge in [-0.15, -0.1) is 0 Å². The number of rotatable bonds is 5. The monoisotopic (exact) mass is 373 g/mol. The summed E-state index contributed by atoms with van der Waals surface area (Å²) in [7, 11) is -1.09. The van der Waals surface area contributed by atoms with Crippen molar-refractivity contribution in [1.82, 2.24) is 15.0 Å². The lowest BCUT2D eigenvalue weighted by Crippen LogP contribution is -2.46. The van der Waals surface area contributed by atoms with Crippen LogP contribution in [0.25, 0.3) is 11.0 Å². The van der Waals surface area contributed by atoms with E-state index in [1.807, 2.05) is 19.3 Å². The van der Waals surface area contributed by atoms with E-state index in [2.05, 4.69) is 25.9 Å². The molecule has 0 amide bonds. The summed E-state index contributed by atoms with van der Waals surface area (Å²) in [5, 5.41) is 9.66. The standard InChI is InChI=1S/C18H23N5O2S/c1-23(18-16-4-5-20-17(16)21-11-22-18)14-6-13(7-14)10-26(24,25)15-3-2-12(8-15)9-19/h4-5,11-15H,2-3,6-8,10H2,1H3,(H,20,21,22)/t12?,13?,14?,15-/m0/s1. The molecule has 0 aromatic carbocycles. The number of sulfone groups is 1. The molecule has 0 saturated heterocycles. The van der Waals surface area contributed by atoms with Crippen LogP contribution in [0.4, 0.5) is 5.82 Å². The molecule has 0 bridgehead atoms. The van der Waals surface area contributed by atoms with Gasteiger partial charge < -0.3 is 9.88 Å². The number of nitrogens with one attached hydrogen (secondary N) is 1. The molecule has 8 heteroatoms. The minimum Gasteiger partial charge on any atom is -0.356 e. The van der Waals surface area contributed by atoms with E-state index < -0.39 is 9.84 Å². The van der Waals surface area contributed by atoms with E-state index in [0.29, 0.717) is 18.9 Å². The van der Waals surface area contributed by atoms with E-state index in [1.54, 1.807) is 6.33 Å². The maximum atomic E-state index is 12.6. The zero-order valence-corrected chi connectivity index (χ0v) is 15.6. The van der Waals surface area contributed by atoms with Crippen LogP contribution >= 0.6 is 0 Å². The minimum absolute atomic E-state index is 0.0865. The van der Waals surface area contributed by atoms with Gasteiger partial charge in [-0.3, -0.25) is 0 Å². The smallest absolute Gasteiger partial charge is 0.153 e. The summed E-state index contributed by atoms with van der Waals surface area (Å²) in [4.78, 5) is 13.9. The first-order valence-corrected chi connectivity index (χ1v) is 10.8. The highest BCUT2D eigenvalue weighted by Gasteiger charge is 2.40. The summed E-state index contributed by atoms with van der Waals surface area (Å²) in [5.41, 5.74) is 0.814. The second-order valence-electron chi connectivity index (χ2n) is 7.63. The van der Waals surface area contributed by atoms with Gasteiger partial charge in [-0.1, -0.05) is 0 Å². The maximum Gasteiger partial charge on any atom is 0.153 e. The predicted octanol–water partition coefficient (Wildman–Crippen LogP) is 2.28. The Morgan fingerprint density at radius 2 is 2.12 bits per heavy atom. The lowest BCUT2D eigenvalue weighted by Gasteiger charge is -2.42. The third kappa shape index (κ3) is 3.05. The van der Waals surface area contributed by atoms with Crippen LogP contribution in [-0.2, 0) is 9.84 Å². The highest BCUT2D eigenvalue weighted by Crippen LogP contribution is 2.38. The number of anilines is 1. The predicted molar refractivity (Wildman–Crippen MR) is 99.3 cm³/mol. The van der Waals surface area contributed by atoms with Crippen LogP contribution in [0.3, 0.4) is 0 Å². The number of H-pyrrole nitrogens is 1. The molecule has 0 aliphatic heterocycles. The molecule has 2 aliphatic carbocycles. The van der Waals surface area contributed by atoms with Gasteiger partial charge in [-0.05, 0) is 44.1 Å². The van der Waals surface area contributed by atoms with Crippen LogP contribution in [0, 0.1) is 23.2 Å². The molecule has 1 N–H and O–H groups in total. The van der Waals surface area contributed by atoms with E-state index in [9.17, 15) is 8.42 Å². The maximum absolute atomic E-state index is 12.6. The van der Waals surface area contributed by atoms with Gasteiger partial charge >= 0.3 is 0 Å². The number of hydrogen-bond acceptors (Lipinski definition) is 6. The molecule has 0 spiro atoms. The first-order chi connectivity index (χ1) is 12.5. The summed E-state index contributed by atoms with van der Waals surface area (Å²) in [6, 6.07) is 4.48. The highest BCUT2D eigenvalue weighted by molar-refractivity contribution is 7.92. The summed E-state index contributed by atoms with van der Waals surface area (Å²) in [6.45, 7) is 0. The second kappa shape index (κ2) is 6.54. The molecule has 0 radical (unpaired) electrons. The molecule has 7 nitrogen and oxygen atoms in total. The second-order valence-corrected chi connectivity index (χ2v) is 9.96. The summed E-state index contributed by atoms with van der Waals surface area (Å²) in [6.07, 6.45) is 7.00. The zero-order chi connectivity index (χ0) is 18.3. The summed E-state index contributed by atoms with van der Waals surface area (Å²) in [5.74, 6) is 1.26. The average Bonchev–Trinajstić information content (AvgIpc) is 3.25. The largest absolute Gasteiger partial charge is 0.356 e. The normalized spacial score (nSPS) is 28.6. The van der Waals surface area contributed by atoms with Crippen molar-refractivity contribution in [1.29, 1.82) is 5.26 Å². The van der Waals surface area contributed by atoms with E-state index >= 15 is 0 Å². The van der Waals surface area contributed by atoms with Crippen molar-refractivity contribution in [2.45, 2.75) is 43.4 Å². The fraction of sp³-hybridized carbons (Fsp3) is 0.611. The molecule has 2 fully saturated rings. The van der Waals surface area contributed by atoms with Gasteiger partial charge in [0.05, 0.1) is 22.5 Å². The number of nitriles is 1. The van der Waals surface area contributed by atoms with E-state index in [0.717, 1.165) is 36.1 Å². The lowest BCUT2D eigenvalue weighted by atomic mass is 9.81. The van der Waals surface area contributed by atoms with Crippen molar-refractivity contribution >= 4 is 26.7 Å². The Bertz CT molecular complexity index is 942. The van der Waals surface area contributed by atoms with Crippen LogP contribution < -0.4 is 4.90 Å². The molecule has 2 aliphatic rings. The molecule has 2 saturated carbocycles. The van der Waals surface area contributed by atoms with Gasteiger partial charge in [0.1, 0.15) is 17.8 Å². The highest BCUT2D eigenvalue weighted by atomic mass is 32.2. The van der Waals surface area contributed by atoms with Crippen LogP contribution in [0.5, 0.6) is 0 Å². The van der Waals surface area contributed by atoms with Crippen LogP contribution in [0.2, 0.25) is 0 Å². The SMILES string of the molecule is CN(c1ncnc2[nH]ccc12)C1CC(CS(=O)(=O)[C@H]2CCC(C#N)C2)C1. The van der Waals surface area contributed by atoms with Crippen LogP contribution in [0.1, 0.15) is 32.1 Å². The Balaban J connectivity index is 1.37. The molecule has 2 aromatic rings. The molecular weight excluding hydrogens is 350 g/mol. The van der Waals surface area contributed by atoms with Gasteiger partial charge in [0, 0.05) is 25.2 Å². The Hall–Kier alpha value is -2.14.